The minimum absolute atomic E-state index is 0.0249. The highest BCUT2D eigenvalue weighted by Gasteiger charge is 2.23. The molecule has 0 saturated heterocycles. The van der Waals surface area contributed by atoms with Gasteiger partial charge < -0.3 is 9.42 Å². The van der Waals surface area contributed by atoms with Crippen LogP contribution in [0.5, 0.6) is 0 Å². The Kier molecular flexibility index (Phi) is 5.18. The van der Waals surface area contributed by atoms with Crippen molar-refractivity contribution in [2.24, 2.45) is 0 Å². The number of aromatic nitrogens is 2. The first-order chi connectivity index (χ1) is 12.0. The molecule has 3 rings (SSSR count). The van der Waals surface area contributed by atoms with Crippen LogP contribution in [0.2, 0.25) is 0 Å². The number of pyridine rings is 1. The van der Waals surface area contributed by atoms with Crippen molar-refractivity contribution in [3.05, 3.63) is 34.3 Å². The fourth-order valence-corrected chi connectivity index (χ4v) is 3.82. The molecular formula is C19H23N3O2S. The number of hydrogen-bond donors (Lipinski definition) is 0. The third-order valence-corrected chi connectivity index (χ3v) is 5.14. The van der Waals surface area contributed by atoms with Crippen molar-refractivity contribution >= 4 is 28.3 Å². The van der Waals surface area contributed by atoms with Gasteiger partial charge in [-0.25, -0.2) is 4.98 Å². The zero-order valence-electron chi connectivity index (χ0n) is 15.1. The Morgan fingerprint density at radius 2 is 1.92 bits per heavy atom. The molecule has 0 spiro atoms. The van der Waals surface area contributed by atoms with Crippen LogP contribution in [0.3, 0.4) is 0 Å². The fourth-order valence-electron chi connectivity index (χ4n) is 2.99. The number of aryl methyl sites for hydroxylation is 2. The number of carbonyl (C=O) groups excluding carboxylic acids is 1. The second-order valence-corrected chi connectivity index (χ2v) is 7.49. The maximum absolute atomic E-state index is 13.2. The highest BCUT2D eigenvalue weighted by atomic mass is 32.1. The van der Waals surface area contributed by atoms with Gasteiger partial charge in [-0.15, -0.1) is 11.3 Å². The first-order valence-electron chi connectivity index (χ1n) is 8.68. The number of carbonyl (C=O) groups is 1. The molecule has 3 aromatic rings. The topological polar surface area (TPSA) is 59.2 Å². The Hall–Kier alpha value is -2.21. The van der Waals surface area contributed by atoms with E-state index in [1.165, 1.54) is 4.88 Å². The van der Waals surface area contributed by atoms with E-state index in [1.807, 2.05) is 24.0 Å². The zero-order valence-corrected chi connectivity index (χ0v) is 15.9. The van der Waals surface area contributed by atoms with Crippen molar-refractivity contribution < 1.29 is 9.32 Å². The molecule has 6 heteroatoms. The van der Waals surface area contributed by atoms with Crippen LogP contribution in [0.1, 0.15) is 47.6 Å². The Morgan fingerprint density at radius 1 is 1.20 bits per heavy atom. The average Bonchev–Trinajstić information content (AvgIpc) is 3.19. The molecule has 0 aliphatic rings. The molecule has 0 aliphatic carbocycles. The highest BCUT2D eigenvalue weighted by Crippen LogP contribution is 2.31. The molecule has 25 heavy (non-hydrogen) atoms. The summed E-state index contributed by atoms with van der Waals surface area (Å²) in [7, 11) is 0. The normalized spacial score (nSPS) is 11.2. The summed E-state index contributed by atoms with van der Waals surface area (Å²) in [5.74, 6) is 0.0249. The van der Waals surface area contributed by atoms with Crippen molar-refractivity contribution in [3.8, 4) is 10.6 Å². The molecule has 132 valence electrons. The van der Waals surface area contributed by atoms with Crippen LogP contribution in [-0.2, 0) is 0 Å². The summed E-state index contributed by atoms with van der Waals surface area (Å²) in [5, 5.41) is 4.75. The van der Waals surface area contributed by atoms with Crippen LogP contribution < -0.4 is 0 Å². The number of fused-ring (bicyclic) bond motifs is 1. The van der Waals surface area contributed by atoms with Gasteiger partial charge in [0.2, 0.25) is 0 Å². The van der Waals surface area contributed by atoms with Gasteiger partial charge in [0.15, 0.2) is 0 Å². The van der Waals surface area contributed by atoms with E-state index in [1.54, 1.807) is 11.3 Å². The minimum atomic E-state index is 0.0249. The Labute approximate surface area is 151 Å². The van der Waals surface area contributed by atoms with Gasteiger partial charge in [0, 0.05) is 18.0 Å². The van der Waals surface area contributed by atoms with Crippen LogP contribution in [0, 0.1) is 13.8 Å². The second kappa shape index (κ2) is 7.35. The van der Waals surface area contributed by atoms with E-state index >= 15 is 0 Å². The lowest BCUT2D eigenvalue weighted by atomic mass is 10.1. The molecule has 0 aromatic carbocycles. The summed E-state index contributed by atoms with van der Waals surface area (Å²) in [6.45, 7) is 9.57. The van der Waals surface area contributed by atoms with Crippen molar-refractivity contribution in [1.82, 2.24) is 15.0 Å². The predicted molar refractivity (Wildman–Crippen MR) is 101 cm³/mol. The second-order valence-electron chi connectivity index (χ2n) is 6.21. The molecule has 0 N–H and O–H groups in total. The number of rotatable bonds is 6. The number of thiophene rings is 1. The molecule has 0 aliphatic heterocycles. The molecule has 0 saturated carbocycles. The van der Waals surface area contributed by atoms with Crippen LogP contribution in [0.25, 0.3) is 21.7 Å². The largest absolute Gasteiger partial charge is 0.339 e. The first-order valence-corrected chi connectivity index (χ1v) is 9.49. The summed E-state index contributed by atoms with van der Waals surface area (Å²) in [5.41, 5.74) is 2.52. The van der Waals surface area contributed by atoms with Gasteiger partial charge in [-0.3, -0.25) is 4.79 Å². The predicted octanol–water partition coefficient (Wildman–Crippen LogP) is 4.83. The maximum atomic E-state index is 13.2. The molecule has 5 nitrogen and oxygen atoms in total. The third kappa shape index (κ3) is 3.44. The molecule has 0 bridgehead atoms. The lowest BCUT2D eigenvalue weighted by Crippen LogP contribution is -2.32. The summed E-state index contributed by atoms with van der Waals surface area (Å²) < 4.78 is 5.38. The van der Waals surface area contributed by atoms with Gasteiger partial charge in [0.25, 0.3) is 11.6 Å². The maximum Gasteiger partial charge on any atom is 0.259 e. The minimum Gasteiger partial charge on any atom is -0.339 e. The molecular weight excluding hydrogens is 334 g/mol. The van der Waals surface area contributed by atoms with Gasteiger partial charge in [0.05, 0.1) is 27.2 Å². The van der Waals surface area contributed by atoms with Crippen LogP contribution in [-0.4, -0.2) is 34.0 Å². The first kappa shape index (κ1) is 17.6. The van der Waals surface area contributed by atoms with Crippen LogP contribution in [0.4, 0.5) is 0 Å². The van der Waals surface area contributed by atoms with E-state index in [0.29, 0.717) is 17.0 Å². The van der Waals surface area contributed by atoms with Crippen molar-refractivity contribution in [3.63, 3.8) is 0 Å². The smallest absolute Gasteiger partial charge is 0.259 e. The lowest BCUT2D eigenvalue weighted by molar-refractivity contribution is 0.0757. The number of amides is 1. The van der Waals surface area contributed by atoms with E-state index in [0.717, 1.165) is 41.9 Å². The van der Waals surface area contributed by atoms with Gasteiger partial charge in [-0.05, 0) is 44.9 Å². The highest BCUT2D eigenvalue weighted by molar-refractivity contribution is 7.15. The van der Waals surface area contributed by atoms with Gasteiger partial charge in [0.1, 0.15) is 0 Å². The van der Waals surface area contributed by atoms with Gasteiger partial charge in [-0.2, -0.15) is 0 Å². The van der Waals surface area contributed by atoms with Crippen LogP contribution in [0.15, 0.2) is 22.7 Å². The van der Waals surface area contributed by atoms with E-state index in [-0.39, 0.29) is 5.91 Å². The molecule has 0 atom stereocenters. The summed E-state index contributed by atoms with van der Waals surface area (Å²) in [6, 6.07) is 5.97. The molecule has 3 aromatic heterocycles. The Bertz CT molecular complexity index is 891. The van der Waals surface area contributed by atoms with Crippen LogP contribution >= 0.6 is 11.3 Å². The lowest BCUT2D eigenvalue weighted by Gasteiger charge is -2.22. The molecule has 3 heterocycles. The zero-order chi connectivity index (χ0) is 18.0. The number of nitrogens with zero attached hydrogens (tertiary/aromatic N) is 3. The average molecular weight is 357 g/mol. The van der Waals surface area contributed by atoms with E-state index < -0.39 is 0 Å². The molecule has 0 fully saturated rings. The van der Waals surface area contributed by atoms with Gasteiger partial charge >= 0.3 is 0 Å². The Morgan fingerprint density at radius 3 is 2.52 bits per heavy atom. The molecule has 0 unspecified atom stereocenters. The monoisotopic (exact) mass is 357 g/mol. The number of hydrogen-bond acceptors (Lipinski definition) is 5. The molecule has 0 radical (unpaired) electrons. The summed E-state index contributed by atoms with van der Waals surface area (Å²) in [6.07, 6.45) is 1.86. The van der Waals surface area contributed by atoms with E-state index in [9.17, 15) is 4.79 Å². The third-order valence-electron chi connectivity index (χ3n) is 4.11. The summed E-state index contributed by atoms with van der Waals surface area (Å²) >= 11 is 1.66. The standard InChI is InChI=1S/C19H23N3O2S/c1-5-9-22(10-6-2)19(23)14-11-15(16-8-7-12(3)25-16)20-18-17(14)13(4)21-24-18/h7-8,11H,5-6,9-10H2,1-4H3. The molecule has 1 amide bonds. The van der Waals surface area contributed by atoms with Crippen molar-refractivity contribution in [2.75, 3.05) is 13.1 Å². The van der Waals surface area contributed by atoms with Crippen molar-refractivity contribution in [2.45, 2.75) is 40.5 Å². The van der Waals surface area contributed by atoms with Crippen molar-refractivity contribution in [1.29, 1.82) is 0 Å². The van der Waals surface area contributed by atoms with E-state index in [4.69, 9.17) is 4.52 Å². The fraction of sp³-hybridized carbons (Fsp3) is 0.421. The van der Waals surface area contributed by atoms with Gasteiger partial charge in [-0.1, -0.05) is 19.0 Å². The SMILES string of the molecule is CCCN(CCC)C(=O)c1cc(-c2ccc(C)s2)nc2onc(C)c12. The summed E-state index contributed by atoms with van der Waals surface area (Å²) in [4.78, 5) is 21.9. The quantitative estimate of drug-likeness (QED) is 0.634. The Balaban J connectivity index is 2.14. The van der Waals surface area contributed by atoms with E-state index in [2.05, 4.69) is 37.0 Å².